The number of hydrogen-bond donors (Lipinski definition) is 1. The van der Waals surface area contributed by atoms with E-state index in [1.807, 2.05) is 42.5 Å². The van der Waals surface area contributed by atoms with Gasteiger partial charge in [-0.3, -0.25) is 4.79 Å². The van der Waals surface area contributed by atoms with Crippen molar-refractivity contribution in [3.05, 3.63) is 58.6 Å². The lowest BCUT2D eigenvalue weighted by atomic mass is 10.0. The topological polar surface area (TPSA) is 45.2 Å². The Morgan fingerprint density at radius 2 is 1.79 bits per heavy atom. The number of piperidine rings is 1. The number of pyridine rings is 1. The first-order chi connectivity index (χ1) is 13.7. The van der Waals surface area contributed by atoms with Crippen molar-refractivity contribution < 1.29 is 4.79 Å². The summed E-state index contributed by atoms with van der Waals surface area (Å²) >= 11 is 6.26. The summed E-state index contributed by atoms with van der Waals surface area (Å²) in [7, 11) is 0. The number of halogens is 1. The number of likely N-dealkylation sites (tertiary alicyclic amines) is 1. The molecule has 0 radical (unpaired) electrons. The number of hydrogen-bond acceptors (Lipinski definition) is 4. The highest BCUT2D eigenvalue weighted by Crippen LogP contribution is 2.44. The molecule has 0 bridgehead atoms. The molecule has 3 aromatic rings. The van der Waals surface area contributed by atoms with Gasteiger partial charge in [0.2, 0.25) is 0 Å². The smallest absolute Gasteiger partial charge is 0.198 e. The maximum atomic E-state index is 13.2. The molecule has 1 aliphatic heterocycles. The molecular formula is C23H22ClN3O. The lowest BCUT2D eigenvalue weighted by molar-refractivity contribution is 0.104. The van der Waals surface area contributed by atoms with Gasteiger partial charge in [0.25, 0.3) is 0 Å². The highest BCUT2D eigenvalue weighted by atomic mass is 35.5. The third kappa shape index (κ3) is 2.97. The maximum absolute atomic E-state index is 13.2. The van der Waals surface area contributed by atoms with Gasteiger partial charge >= 0.3 is 0 Å². The average molecular weight is 392 g/mol. The predicted molar refractivity (Wildman–Crippen MR) is 114 cm³/mol. The number of fused-ring (bicyclic) bond motifs is 5. The third-order valence-corrected chi connectivity index (χ3v) is 6.02. The Hall–Kier alpha value is -2.43. The highest BCUT2D eigenvalue weighted by Gasteiger charge is 2.32. The number of ketones is 1. The molecule has 0 spiro atoms. The zero-order valence-corrected chi connectivity index (χ0v) is 16.4. The number of nitrogens with zero attached hydrogens (tertiary/aromatic N) is 2. The molecule has 0 atom stereocenters. The van der Waals surface area contributed by atoms with Gasteiger partial charge in [-0.05, 0) is 49.7 Å². The normalized spacial score (nSPS) is 16.2. The number of carbonyl (C=O) groups excluding carboxylic acids is 1. The minimum Gasteiger partial charge on any atom is -0.368 e. The van der Waals surface area contributed by atoms with Crippen molar-refractivity contribution in [3.63, 3.8) is 0 Å². The first kappa shape index (κ1) is 17.7. The van der Waals surface area contributed by atoms with E-state index in [0.29, 0.717) is 16.4 Å². The van der Waals surface area contributed by atoms with Crippen molar-refractivity contribution in [2.24, 2.45) is 0 Å². The number of rotatable bonds is 4. The van der Waals surface area contributed by atoms with Crippen LogP contribution in [0.4, 0.5) is 5.82 Å². The van der Waals surface area contributed by atoms with Crippen molar-refractivity contribution in [1.82, 2.24) is 9.88 Å². The summed E-state index contributed by atoms with van der Waals surface area (Å²) in [4.78, 5) is 20.5. The largest absolute Gasteiger partial charge is 0.368 e. The van der Waals surface area contributed by atoms with E-state index in [1.54, 1.807) is 0 Å². The number of benzene rings is 2. The van der Waals surface area contributed by atoms with E-state index in [2.05, 4.69) is 10.2 Å². The summed E-state index contributed by atoms with van der Waals surface area (Å²) in [5.41, 5.74) is 4.19. The average Bonchev–Trinajstić information content (AvgIpc) is 3.03. The minimum atomic E-state index is 0.0421. The van der Waals surface area contributed by atoms with E-state index in [0.717, 1.165) is 53.8 Å². The quantitative estimate of drug-likeness (QED) is 0.532. The Morgan fingerprint density at radius 1 is 1.00 bits per heavy atom. The second-order valence-electron chi connectivity index (χ2n) is 7.58. The van der Waals surface area contributed by atoms with E-state index in [-0.39, 0.29) is 5.78 Å². The molecule has 142 valence electrons. The minimum absolute atomic E-state index is 0.0421. The third-order valence-electron chi connectivity index (χ3n) is 5.78. The molecule has 0 amide bonds. The Bertz CT molecular complexity index is 1070. The van der Waals surface area contributed by atoms with Crippen LogP contribution in [-0.2, 0) is 0 Å². The van der Waals surface area contributed by atoms with Gasteiger partial charge in [0, 0.05) is 34.6 Å². The van der Waals surface area contributed by atoms with Gasteiger partial charge in [-0.15, -0.1) is 0 Å². The number of anilines is 1. The number of carbonyl (C=O) groups is 1. The fourth-order valence-corrected chi connectivity index (χ4v) is 4.59. The molecule has 2 aliphatic rings. The van der Waals surface area contributed by atoms with Crippen LogP contribution in [-0.4, -0.2) is 41.8 Å². The first-order valence-corrected chi connectivity index (χ1v) is 10.3. The van der Waals surface area contributed by atoms with E-state index < -0.39 is 0 Å². The van der Waals surface area contributed by atoms with Crippen LogP contribution in [0.5, 0.6) is 0 Å². The molecular weight excluding hydrogens is 370 g/mol. The van der Waals surface area contributed by atoms with E-state index in [4.69, 9.17) is 16.6 Å². The first-order valence-electron chi connectivity index (χ1n) is 9.96. The molecule has 5 heteroatoms. The second kappa shape index (κ2) is 7.19. The Kier molecular flexibility index (Phi) is 4.53. The number of aromatic nitrogens is 1. The zero-order valence-electron chi connectivity index (χ0n) is 15.7. The summed E-state index contributed by atoms with van der Waals surface area (Å²) in [6.07, 6.45) is 3.88. The lowest BCUT2D eigenvalue weighted by Crippen LogP contribution is -2.34. The van der Waals surface area contributed by atoms with E-state index >= 15 is 0 Å². The Morgan fingerprint density at radius 3 is 2.61 bits per heavy atom. The maximum Gasteiger partial charge on any atom is 0.198 e. The van der Waals surface area contributed by atoms with Crippen LogP contribution in [0.25, 0.3) is 22.0 Å². The molecule has 0 saturated carbocycles. The SMILES string of the molecule is O=C1c2ccccc2-c2c1c(NCCN1CCCCC1)nc1ccc(Cl)cc21. The lowest BCUT2D eigenvalue weighted by Gasteiger charge is -2.26. The summed E-state index contributed by atoms with van der Waals surface area (Å²) < 4.78 is 0. The zero-order chi connectivity index (χ0) is 19.1. The molecule has 28 heavy (non-hydrogen) atoms. The molecule has 0 unspecified atom stereocenters. The van der Waals surface area contributed by atoms with Gasteiger partial charge in [-0.2, -0.15) is 0 Å². The van der Waals surface area contributed by atoms with Crippen molar-refractivity contribution in [2.75, 3.05) is 31.5 Å². The number of nitrogens with one attached hydrogen (secondary N) is 1. The van der Waals surface area contributed by atoms with Gasteiger partial charge in [-0.25, -0.2) is 4.98 Å². The van der Waals surface area contributed by atoms with Gasteiger partial charge in [0.05, 0.1) is 11.1 Å². The van der Waals surface area contributed by atoms with Crippen LogP contribution in [0.3, 0.4) is 0 Å². The molecule has 1 fully saturated rings. The molecule has 1 aliphatic carbocycles. The van der Waals surface area contributed by atoms with Crippen LogP contribution in [0, 0.1) is 0 Å². The van der Waals surface area contributed by atoms with Crippen LogP contribution in [0.2, 0.25) is 5.02 Å². The van der Waals surface area contributed by atoms with Crippen molar-refractivity contribution >= 4 is 34.1 Å². The second-order valence-corrected chi connectivity index (χ2v) is 8.01. The fraction of sp³-hybridized carbons (Fsp3) is 0.304. The molecule has 1 aromatic heterocycles. The summed E-state index contributed by atoms with van der Waals surface area (Å²) in [6.45, 7) is 4.07. The van der Waals surface area contributed by atoms with Crippen molar-refractivity contribution in [2.45, 2.75) is 19.3 Å². The van der Waals surface area contributed by atoms with Crippen LogP contribution >= 0.6 is 11.6 Å². The molecule has 4 nitrogen and oxygen atoms in total. The van der Waals surface area contributed by atoms with Gasteiger partial charge in [0.15, 0.2) is 5.78 Å². The summed E-state index contributed by atoms with van der Waals surface area (Å²) in [6, 6.07) is 13.5. The standard InChI is InChI=1S/C23H22ClN3O/c24-15-8-9-19-18(14-15)20-16-6-2-3-7-17(16)22(28)21(20)23(26-19)25-10-13-27-11-4-1-5-12-27/h2-3,6-9,14H,1,4-5,10-13H2,(H,25,26). The molecule has 5 rings (SSSR count). The summed E-state index contributed by atoms with van der Waals surface area (Å²) in [5.74, 6) is 0.725. The van der Waals surface area contributed by atoms with Gasteiger partial charge in [0.1, 0.15) is 5.82 Å². The molecule has 2 heterocycles. The Labute approximate surface area is 169 Å². The van der Waals surface area contributed by atoms with Crippen molar-refractivity contribution in [1.29, 1.82) is 0 Å². The monoisotopic (exact) mass is 391 g/mol. The van der Waals surface area contributed by atoms with Gasteiger partial charge in [-0.1, -0.05) is 42.3 Å². The van der Waals surface area contributed by atoms with E-state index in [9.17, 15) is 4.79 Å². The molecule has 1 saturated heterocycles. The van der Waals surface area contributed by atoms with Crippen molar-refractivity contribution in [3.8, 4) is 11.1 Å². The van der Waals surface area contributed by atoms with Gasteiger partial charge < -0.3 is 10.2 Å². The highest BCUT2D eigenvalue weighted by molar-refractivity contribution is 6.32. The van der Waals surface area contributed by atoms with Crippen LogP contribution in [0.1, 0.15) is 35.2 Å². The fourth-order valence-electron chi connectivity index (χ4n) is 4.41. The van der Waals surface area contributed by atoms with Crippen LogP contribution in [0.15, 0.2) is 42.5 Å². The van der Waals surface area contributed by atoms with Crippen LogP contribution < -0.4 is 5.32 Å². The Balaban J connectivity index is 1.55. The summed E-state index contributed by atoms with van der Waals surface area (Å²) in [5, 5.41) is 5.04. The molecule has 1 N–H and O–H groups in total. The molecule has 2 aromatic carbocycles. The predicted octanol–water partition coefficient (Wildman–Crippen LogP) is 5.00. The van der Waals surface area contributed by atoms with E-state index in [1.165, 1.54) is 19.3 Å².